The normalized spacial score (nSPS) is 35.8. The minimum absolute atomic E-state index is 0.822. The minimum Gasteiger partial charge on any atom is -0.381 e. The third kappa shape index (κ3) is 1.63. The highest BCUT2D eigenvalue weighted by Crippen LogP contribution is 2.28. The molecule has 2 saturated heterocycles. The molecule has 0 spiro atoms. The molecule has 0 amide bonds. The number of nitrogens with zero attached hydrogens (tertiary/aromatic N) is 1. The Bertz CT molecular complexity index is 139. The molecule has 0 aromatic rings. The van der Waals surface area contributed by atoms with E-state index < -0.39 is 0 Å². The lowest BCUT2D eigenvalue weighted by Crippen LogP contribution is -2.25. The van der Waals surface area contributed by atoms with E-state index in [9.17, 15) is 0 Å². The van der Waals surface area contributed by atoms with Crippen LogP contribution in [0, 0.1) is 11.8 Å². The molecule has 0 saturated carbocycles. The first-order chi connectivity index (χ1) is 5.90. The molecule has 0 bridgehead atoms. The second-order valence-corrected chi connectivity index (χ2v) is 3.96. The van der Waals surface area contributed by atoms with Crippen LogP contribution in [0.4, 0.5) is 0 Å². The van der Waals surface area contributed by atoms with E-state index in [1.54, 1.807) is 0 Å². The average molecular weight is 170 g/mol. The van der Waals surface area contributed by atoms with Crippen molar-refractivity contribution in [3.05, 3.63) is 0 Å². The van der Waals surface area contributed by atoms with Gasteiger partial charge >= 0.3 is 0 Å². The van der Waals surface area contributed by atoms with E-state index in [1.165, 1.54) is 19.6 Å². The van der Waals surface area contributed by atoms with Gasteiger partial charge in [0.2, 0.25) is 0 Å². The number of hydrogen-bond acceptors (Lipinski definition) is 3. The maximum absolute atomic E-state index is 5.47. The summed E-state index contributed by atoms with van der Waals surface area (Å²) >= 11 is 0. The molecule has 12 heavy (non-hydrogen) atoms. The number of ether oxygens (including phenoxy) is 1. The summed E-state index contributed by atoms with van der Waals surface area (Å²) in [6.45, 7) is 6.47. The van der Waals surface area contributed by atoms with E-state index in [-0.39, 0.29) is 0 Å². The molecule has 0 aliphatic carbocycles. The Hall–Kier alpha value is -0.120. The quantitative estimate of drug-likeness (QED) is 0.643. The Labute approximate surface area is 73.9 Å². The molecule has 0 aromatic heterocycles. The van der Waals surface area contributed by atoms with E-state index in [4.69, 9.17) is 10.5 Å². The van der Waals surface area contributed by atoms with Gasteiger partial charge in [-0.15, -0.1) is 0 Å². The number of fused-ring (bicyclic) bond motifs is 1. The molecule has 0 radical (unpaired) electrons. The molecule has 2 aliphatic rings. The lowest BCUT2D eigenvalue weighted by atomic mass is 10.0. The molecule has 3 heteroatoms. The number of rotatable bonds is 3. The van der Waals surface area contributed by atoms with Crippen LogP contribution >= 0.6 is 0 Å². The summed E-state index contributed by atoms with van der Waals surface area (Å²) < 4.78 is 5.41. The summed E-state index contributed by atoms with van der Waals surface area (Å²) in [6.07, 6.45) is 1.14. The van der Waals surface area contributed by atoms with Gasteiger partial charge in [0.25, 0.3) is 0 Å². The van der Waals surface area contributed by atoms with Crippen LogP contribution in [0.25, 0.3) is 0 Å². The third-order valence-corrected chi connectivity index (χ3v) is 2.99. The molecule has 2 N–H and O–H groups in total. The molecule has 3 nitrogen and oxygen atoms in total. The van der Waals surface area contributed by atoms with Crippen LogP contribution in [-0.2, 0) is 4.74 Å². The van der Waals surface area contributed by atoms with Gasteiger partial charge < -0.3 is 15.4 Å². The van der Waals surface area contributed by atoms with Crippen molar-refractivity contribution in [2.45, 2.75) is 6.42 Å². The van der Waals surface area contributed by atoms with Gasteiger partial charge in [-0.1, -0.05) is 0 Å². The summed E-state index contributed by atoms with van der Waals surface area (Å²) in [7, 11) is 0. The lowest BCUT2D eigenvalue weighted by Gasteiger charge is -2.15. The first-order valence-corrected chi connectivity index (χ1v) is 4.90. The maximum Gasteiger partial charge on any atom is 0.0510 e. The van der Waals surface area contributed by atoms with Crippen molar-refractivity contribution in [1.82, 2.24) is 4.90 Å². The molecule has 2 heterocycles. The third-order valence-electron chi connectivity index (χ3n) is 2.99. The van der Waals surface area contributed by atoms with Gasteiger partial charge in [-0.3, -0.25) is 0 Å². The van der Waals surface area contributed by atoms with Gasteiger partial charge in [-0.25, -0.2) is 0 Å². The predicted octanol–water partition coefficient (Wildman–Crippen LogP) is -0.0866. The Morgan fingerprint density at radius 3 is 2.50 bits per heavy atom. The van der Waals surface area contributed by atoms with E-state index in [1.807, 2.05) is 0 Å². The van der Waals surface area contributed by atoms with Gasteiger partial charge in [0.15, 0.2) is 0 Å². The van der Waals surface area contributed by atoms with Crippen LogP contribution in [0.15, 0.2) is 0 Å². The van der Waals surface area contributed by atoms with E-state index in [0.29, 0.717) is 0 Å². The summed E-state index contributed by atoms with van der Waals surface area (Å²) in [6, 6.07) is 0. The Balaban J connectivity index is 1.75. The largest absolute Gasteiger partial charge is 0.381 e. The Kier molecular flexibility index (Phi) is 2.63. The van der Waals surface area contributed by atoms with Crippen LogP contribution in [0.3, 0.4) is 0 Å². The zero-order valence-corrected chi connectivity index (χ0v) is 7.54. The zero-order chi connectivity index (χ0) is 8.39. The van der Waals surface area contributed by atoms with Crippen molar-refractivity contribution >= 4 is 0 Å². The van der Waals surface area contributed by atoms with Crippen molar-refractivity contribution in [1.29, 1.82) is 0 Å². The van der Waals surface area contributed by atoms with Crippen LogP contribution in [0.1, 0.15) is 6.42 Å². The van der Waals surface area contributed by atoms with Crippen LogP contribution in [0.2, 0.25) is 0 Å². The van der Waals surface area contributed by atoms with Crippen molar-refractivity contribution < 1.29 is 4.74 Å². The first kappa shape index (κ1) is 8.48. The van der Waals surface area contributed by atoms with Gasteiger partial charge in [-0.05, 0) is 19.5 Å². The summed E-state index contributed by atoms with van der Waals surface area (Å²) in [5.74, 6) is 1.64. The Morgan fingerprint density at radius 1 is 1.25 bits per heavy atom. The average Bonchev–Trinajstić information content (AvgIpc) is 2.58. The first-order valence-electron chi connectivity index (χ1n) is 4.90. The Morgan fingerprint density at radius 2 is 1.92 bits per heavy atom. The lowest BCUT2D eigenvalue weighted by molar-refractivity contribution is 0.154. The van der Waals surface area contributed by atoms with Gasteiger partial charge in [-0.2, -0.15) is 0 Å². The van der Waals surface area contributed by atoms with E-state index in [2.05, 4.69) is 4.90 Å². The van der Waals surface area contributed by atoms with Gasteiger partial charge in [0.05, 0.1) is 13.2 Å². The smallest absolute Gasteiger partial charge is 0.0510 e. The monoisotopic (exact) mass is 170 g/mol. The molecule has 2 aliphatic heterocycles. The molecular weight excluding hydrogens is 152 g/mol. The zero-order valence-electron chi connectivity index (χ0n) is 7.54. The second kappa shape index (κ2) is 3.73. The second-order valence-electron chi connectivity index (χ2n) is 3.96. The molecule has 70 valence electrons. The fourth-order valence-electron chi connectivity index (χ4n) is 2.28. The van der Waals surface area contributed by atoms with Crippen molar-refractivity contribution in [3.8, 4) is 0 Å². The standard InChI is InChI=1S/C9H18N2O/c10-2-1-3-11-4-8-6-12-7-9(8)5-11/h8-9H,1-7,10H2. The van der Waals surface area contributed by atoms with Crippen molar-refractivity contribution in [2.75, 3.05) is 39.4 Å². The van der Waals surface area contributed by atoms with Crippen LogP contribution < -0.4 is 5.73 Å². The van der Waals surface area contributed by atoms with Crippen molar-refractivity contribution in [2.24, 2.45) is 17.6 Å². The topological polar surface area (TPSA) is 38.5 Å². The highest BCUT2D eigenvalue weighted by molar-refractivity contribution is 4.87. The minimum atomic E-state index is 0.822. The highest BCUT2D eigenvalue weighted by Gasteiger charge is 2.36. The predicted molar refractivity (Wildman–Crippen MR) is 47.9 cm³/mol. The van der Waals surface area contributed by atoms with Crippen molar-refractivity contribution in [3.63, 3.8) is 0 Å². The molecular formula is C9H18N2O. The fraction of sp³-hybridized carbons (Fsp3) is 1.00. The summed E-state index contributed by atoms with van der Waals surface area (Å²) in [4.78, 5) is 2.53. The molecule has 2 fully saturated rings. The molecule has 2 rings (SSSR count). The number of likely N-dealkylation sites (tertiary alicyclic amines) is 1. The van der Waals surface area contributed by atoms with Gasteiger partial charge in [0.1, 0.15) is 0 Å². The SMILES string of the molecule is NCCCN1CC2COCC2C1. The fourth-order valence-corrected chi connectivity index (χ4v) is 2.28. The molecule has 2 atom stereocenters. The summed E-state index contributed by atoms with van der Waals surface area (Å²) in [5.41, 5.74) is 5.47. The van der Waals surface area contributed by atoms with E-state index >= 15 is 0 Å². The maximum atomic E-state index is 5.47. The van der Waals surface area contributed by atoms with Crippen LogP contribution in [0.5, 0.6) is 0 Å². The van der Waals surface area contributed by atoms with Gasteiger partial charge in [0, 0.05) is 24.9 Å². The van der Waals surface area contributed by atoms with Crippen LogP contribution in [-0.4, -0.2) is 44.3 Å². The number of hydrogen-bond donors (Lipinski definition) is 1. The molecule has 0 aromatic carbocycles. The van der Waals surface area contributed by atoms with E-state index in [0.717, 1.165) is 38.0 Å². The number of nitrogens with two attached hydrogens (primary N) is 1. The molecule has 2 unspecified atom stereocenters. The highest BCUT2D eigenvalue weighted by atomic mass is 16.5. The summed E-state index contributed by atoms with van der Waals surface area (Å²) in [5, 5.41) is 0.